The number of carbonyl (C=O) groups excluding carboxylic acids is 1. The molecule has 0 fully saturated rings. The summed E-state index contributed by atoms with van der Waals surface area (Å²) in [6.07, 6.45) is -0.0218. The van der Waals surface area contributed by atoms with E-state index in [1.807, 2.05) is 19.2 Å². The topological polar surface area (TPSA) is 139 Å². The maximum atomic E-state index is 12.3. The van der Waals surface area contributed by atoms with Crippen molar-refractivity contribution in [3.63, 3.8) is 0 Å². The Kier molecular flexibility index (Phi) is 7.56. The number of nitrogens with one attached hydrogen (secondary N) is 2. The Morgan fingerprint density at radius 1 is 1.11 bits per heavy atom. The third-order valence-corrected chi connectivity index (χ3v) is 4.38. The molecule has 9 heteroatoms. The van der Waals surface area contributed by atoms with Gasteiger partial charge in [0.25, 0.3) is 5.91 Å². The van der Waals surface area contributed by atoms with Crippen molar-refractivity contribution in [3.05, 3.63) is 64.7 Å². The summed E-state index contributed by atoms with van der Waals surface area (Å²) in [5.74, 6) is -2.91. The molecule has 1 amide bonds. The van der Waals surface area contributed by atoms with E-state index in [4.69, 9.17) is 5.11 Å². The van der Waals surface area contributed by atoms with E-state index in [0.717, 1.165) is 5.56 Å². The molecule has 148 valence electrons. The fraction of sp³-hybridized carbons (Fsp3) is 0.263. The molecule has 0 aliphatic heterocycles. The van der Waals surface area contributed by atoms with Crippen LogP contribution in [0.4, 0.5) is 0 Å². The van der Waals surface area contributed by atoms with Crippen LogP contribution in [0.15, 0.2) is 42.5 Å². The molecule has 0 aliphatic rings. The molecule has 0 unspecified atom stereocenters. The predicted molar refractivity (Wildman–Crippen MR) is 104 cm³/mol. The van der Waals surface area contributed by atoms with Gasteiger partial charge in [-0.1, -0.05) is 24.3 Å². The molecular formula is C19H23BN2O6. The Morgan fingerprint density at radius 3 is 2.36 bits per heavy atom. The number of para-hydroxylation sites is 1. The zero-order chi connectivity index (χ0) is 20.7. The molecular weight excluding hydrogens is 363 g/mol. The first-order valence-corrected chi connectivity index (χ1v) is 8.75. The molecule has 0 saturated carbocycles. The molecule has 2 aromatic carbocycles. The van der Waals surface area contributed by atoms with E-state index in [0.29, 0.717) is 12.1 Å². The van der Waals surface area contributed by atoms with Crippen molar-refractivity contribution in [2.45, 2.75) is 18.8 Å². The summed E-state index contributed by atoms with van der Waals surface area (Å²) in [4.78, 5) is 23.4. The number of amides is 1. The highest BCUT2D eigenvalue weighted by molar-refractivity contribution is 6.43. The van der Waals surface area contributed by atoms with Crippen LogP contribution < -0.4 is 10.6 Å². The molecule has 0 spiro atoms. The first-order valence-electron chi connectivity index (χ1n) is 8.75. The number of rotatable bonds is 9. The van der Waals surface area contributed by atoms with E-state index in [9.17, 15) is 24.7 Å². The van der Waals surface area contributed by atoms with Crippen molar-refractivity contribution in [1.29, 1.82) is 0 Å². The largest absolute Gasteiger partial charge is 0.507 e. The lowest BCUT2D eigenvalue weighted by Gasteiger charge is -2.18. The zero-order valence-electron chi connectivity index (χ0n) is 15.4. The molecule has 2 rings (SSSR count). The predicted octanol–water partition coefficient (Wildman–Crippen LogP) is 0.625. The smallest absolute Gasteiger partial charge is 0.456 e. The first kappa shape index (κ1) is 21.4. The number of carbonyl (C=O) groups is 2. The number of carboxylic acids is 1. The van der Waals surface area contributed by atoms with Crippen molar-refractivity contribution in [1.82, 2.24) is 10.6 Å². The molecule has 28 heavy (non-hydrogen) atoms. The molecule has 8 nitrogen and oxygen atoms in total. The standard InChI is InChI=1S/C19H23BN2O6/c1-21-10-12-5-7-13(8-6-12)18(24)22-11-15(20(27)28)9-14-3-2-4-16(17(14)23)19(25)26/h2-8,15,21,23,27-28H,9-11H2,1H3,(H,22,24)(H,25,26)/t15-/m1/s1. The third kappa shape index (κ3) is 5.56. The van der Waals surface area contributed by atoms with Gasteiger partial charge < -0.3 is 30.9 Å². The van der Waals surface area contributed by atoms with Crippen LogP contribution in [0.3, 0.4) is 0 Å². The van der Waals surface area contributed by atoms with E-state index in [2.05, 4.69) is 10.6 Å². The fourth-order valence-electron chi connectivity index (χ4n) is 2.80. The van der Waals surface area contributed by atoms with E-state index >= 15 is 0 Å². The number of carboxylic acid groups (broad SMARTS) is 1. The van der Waals surface area contributed by atoms with Gasteiger partial charge >= 0.3 is 13.1 Å². The van der Waals surface area contributed by atoms with Gasteiger partial charge in [0.05, 0.1) is 0 Å². The van der Waals surface area contributed by atoms with Gasteiger partial charge in [0.2, 0.25) is 0 Å². The number of aromatic carboxylic acids is 1. The van der Waals surface area contributed by atoms with Gasteiger partial charge in [-0.2, -0.15) is 0 Å². The molecule has 0 bridgehead atoms. The Labute approximate surface area is 163 Å². The summed E-state index contributed by atoms with van der Waals surface area (Å²) in [6, 6.07) is 11.2. The second-order valence-electron chi connectivity index (χ2n) is 6.43. The van der Waals surface area contributed by atoms with Crippen LogP contribution >= 0.6 is 0 Å². The van der Waals surface area contributed by atoms with Crippen LogP contribution in [-0.4, -0.2) is 52.8 Å². The Balaban J connectivity index is 2.04. The highest BCUT2D eigenvalue weighted by atomic mass is 16.4. The second kappa shape index (κ2) is 9.89. The fourth-order valence-corrected chi connectivity index (χ4v) is 2.80. The van der Waals surface area contributed by atoms with Crippen molar-refractivity contribution in [3.8, 4) is 5.75 Å². The van der Waals surface area contributed by atoms with Gasteiger partial charge in [0, 0.05) is 24.5 Å². The first-order chi connectivity index (χ1) is 13.3. The molecule has 2 aromatic rings. The van der Waals surface area contributed by atoms with Crippen LogP contribution in [0.1, 0.15) is 31.8 Å². The van der Waals surface area contributed by atoms with Crippen LogP contribution in [0.2, 0.25) is 5.82 Å². The summed E-state index contributed by atoms with van der Waals surface area (Å²) in [7, 11) is 0.0662. The van der Waals surface area contributed by atoms with Crippen LogP contribution in [0.25, 0.3) is 0 Å². The van der Waals surface area contributed by atoms with Crippen LogP contribution in [0.5, 0.6) is 5.75 Å². The number of phenols is 1. The maximum absolute atomic E-state index is 12.3. The number of aromatic hydroxyl groups is 1. The summed E-state index contributed by atoms with van der Waals surface area (Å²) < 4.78 is 0. The van der Waals surface area contributed by atoms with Crippen molar-refractivity contribution in [2.24, 2.45) is 0 Å². The minimum Gasteiger partial charge on any atom is -0.507 e. The quantitative estimate of drug-likeness (QED) is 0.348. The number of hydrogen-bond donors (Lipinski definition) is 6. The molecule has 0 heterocycles. The Bertz CT molecular complexity index is 826. The van der Waals surface area contributed by atoms with Gasteiger partial charge in [-0.25, -0.2) is 4.79 Å². The summed E-state index contributed by atoms with van der Waals surface area (Å²) in [5, 5.41) is 44.0. The minimum atomic E-state index is -1.76. The van der Waals surface area contributed by atoms with Gasteiger partial charge in [0.15, 0.2) is 0 Å². The molecule has 1 atom stereocenters. The van der Waals surface area contributed by atoms with Gasteiger partial charge in [-0.3, -0.25) is 4.79 Å². The Hall–Kier alpha value is -2.88. The highest BCUT2D eigenvalue weighted by Crippen LogP contribution is 2.27. The van der Waals surface area contributed by atoms with Crippen molar-refractivity contribution >= 4 is 19.0 Å². The van der Waals surface area contributed by atoms with E-state index in [1.165, 1.54) is 18.2 Å². The lowest BCUT2D eigenvalue weighted by Crippen LogP contribution is -2.35. The summed E-state index contributed by atoms with van der Waals surface area (Å²) in [5.41, 5.74) is 1.44. The lowest BCUT2D eigenvalue weighted by atomic mass is 9.69. The maximum Gasteiger partial charge on any atom is 0.456 e. The van der Waals surface area contributed by atoms with E-state index in [1.54, 1.807) is 12.1 Å². The third-order valence-electron chi connectivity index (χ3n) is 4.38. The molecule has 0 aliphatic carbocycles. The monoisotopic (exact) mass is 386 g/mol. The SMILES string of the molecule is CNCc1ccc(C(=O)NC[C@@H](Cc2cccc(C(=O)O)c2O)B(O)O)cc1. The van der Waals surface area contributed by atoms with Gasteiger partial charge in [-0.05, 0) is 42.8 Å². The number of hydrogen-bond acceptors (Lipinski definition) is 6. The van der Waals surface area contributed by atoms with Gasteiger partial charge in [-0.15, -0.1) is 0 Å². The highest BCUT2D eigenvalue weighted by Gasteiger charge is 2.26. The van der Waals surface area contributed by atoms with Crippen LogP contribution in [0, 0.1) is 0 Å². The number of benzene rings is 2. The lowest BCUT2D eigenvalue weighted by molar-refractivity contribution is 0.0693. The Morgan fingerprint density at radius 2 is 1.79 bits per heavy atom. The summed E-state index contributed by atoms with van der Waals surface area (Å²) in [6.45, 7) is 0.616. The minimum absolute atomic E-state index is 0.0218. The zero-order valence-corrected chi connectivity index (χ0v) is 15.4. The second-order valence-corrected chi connectivity index (χ2v) is 6.43. The molecule has 0 radical (unpaired) electrons. The summed E-state index contributed by atoms with van der Waals surface area (Å²) >= 11 is 0. The van der Waals surface area contributed by atoms with Crippen LogP contribution in [-0.2, 0) is 13.0 Å². The van der Waals surface area contributed by atoms with Gasteiger partial charge in [0.1, 0.15) is 11.3 Å². The molecule has 6 N–H and O–H groups in total. The van der Waals surface area contributed by atoms with E-state index in [-0.39, 0.29) is 30.0 Å². The van der Waals surface area contributed by atoms with Crippen molar-refractivity contribution in [2.75, 3.05) is 13.6 Å². The molecule has 0 aromatic heterocycles. The average Bonchev–Trinajstić information content (AvgIpc) is 2.66. The van der Waals surface area contributed by atoms with Crippen molar-refractivity contribution < 1.29 is 29.9 Å². The molecule has 0 saturated heterocycles. The van der Waals surface area contributed by atoms with E-state index < -0.39 is 24.7 Å². The normalized spacial score (nSPS) is 11.7. The average molecular weight is 386 g/mol.